The highest BCUT2D eigenvalue weighted by molar-refractivity contribution is 5.76. The summed E-state index contributed by atoms with van der Waals surface area (Å²) in [5.74, 6) is 2.45. The number of nitrogens with one attached hydrogen (secondary N) is 1. The van der Waals surface area contributed by atoms with Gasteiger partial charge < -0.3 is 14.1 Å². The molecule has 0 aromatic carbocycles. The molecule has 1 fully saturated rings. The number of carbonyl (C=O) groups excluding carboxylic acids is 1. The Morgan fingerprint density at radius 1 is 1.48 bits per heavy atom. The lowest BCUT2D eigenvalue weighted by atomic mass is 10.2. The van der Waals surface area contributed by atoms with Gasteiger partial charge in [0.1, 0.15) is 17.7 Å². The lowest BCUT2D eigenvalue weighted by Gasteiger charge is -2.31. The molecule has 1 N–H and O–H groups in total. The summed E-state index contributed by atoms with van der Waals surface area (Å²) in [5.41, 5.74) is 0. The molecule has 0 radical (unpaired) electrons. The summed E-state index contributed by atoms with van der Waals surface area (Å²) in [6.07, 6.45) is 4.31. The maximum absolute atomic E-state index is 12.4. The van der Waals surface area contributed by atoms with Crippen LogP contribution in [0.3, 0.4) is 0 Å². The third kappa shape index (κ3) is 3.98. The van der Waals surface area contributed by atoms with Crippen molar-refractivity contribution in [3.63, 3.8) is 0 Å². The van der Waals surface area contributed by atoms with Crippen molar-refractivity contribution in [2.75, 3.05) is 19.7 Å². The van der Waals surface area contributed by atoms with E-state index < -0.39 is 0 Å². The van der Waals surface area contributed by atoms with Gasteiger partial charge >= 0.3 is 0 Å². The smallest absolute Gasteiger partial charge is 0.223 e. The zero-order valence-electron chi connectivity index (χ0n) is 13.3. The molecular formula is C16H22N4O3. The van der Waals surface area contributed by atoms with Gasteiger partial charge in [0, 0.05) is 25.8 Å². The van der Waals surface area contributed by atoms with Crippen molar-refractivity contribution in [3.05, 3.63) is 35.8 Å². The fourth-order valence-electron chi connectivity index (χ4n) is 2.68. The monoisotopic (exact) mass is 318 g/mol. The number of rotatable bonds is 6. The number of amides is 1. The number of hydrogen-bond donors (Lipinski definition) is 1. The molecule has 1 atom stereocenters. The van der Waals surface area contributed by atoms with Crippen molar-refractivity contribution in [2.45, 2.75) is 38.7 Å². The molecule has 1 saturated heterocycles. The second-order valence-electron chi connectivity index (χ2n) is 5.67. The number of hydrogen-bond acceptors (Lipinski definition) is 5. The summed E-state index contributed by atoms with van der Waals surface area (Å²) in [6, 6.07) is 3.72. The number of H-pyrrole nitrogens is 1. The van der Waals surface area contributed by atoms with Crippen molar-refractivity contribution in [2.24, 2.45) is 0 Å². The van der Waals surface area contributed by atoms with Gasteiger partial charge in [0.05, 0.1) is 19.4 Å². The Hall–Kier alpha value is -2.15. The molecule has 23 heavy (non-hydrogen) atoms. The second-order valence-corrected chi connectivity index (χ2v) is 5.67. The maximum Gasteiger partial charge on any atom is 0.223 e. The Bertz CT molecular complexity index is 623. The lowest BCUT2D eigenvalue weighted by Crippen LogP contribution is -2.42. The summed E-state index contributed by atoms with van der Waals surface area (Å²) < 4.78 is 11.0. The minimum Gasteiger partial charge on any atom is -0.469 e. The van der Waals surface area contributed by atoms with Crippen LogP contribution in [0, 0.1) is 0 Å². The molecule has 7 heteroatoms. The van der Waals surface area contributed by atoms with Gasteiger partial charge in [0.25, 0.3) is 0 Å². The summed E-state index contributed by atoms with van der Waals surface area (Å²) in [7, 11) is 0. The van der Waals surface area contributed by atoms with Gasteiger partial charge in [-0.15, -0.1) is 0 Å². The minimum atomic E-state index is -0.252. The molecule has 3 heterocycles. The molecule has 124 valence electrons. The number of aromatic nitrogens is 3. The molecule has 0 bridgehead atoms. The van der Waals surface area contributed by atoms with E-state index in [1.807, 2.05) is 17.0 Å². The molecule has 7 nitrogen and oxygen atoms in total. The molecule has 1 aliphatic rings. The van der Waals surface area contributed by atoms with Gasteiger partial charge in [-0.1, -0.05) is 6.92 Å². The van der Waals surface area contributed by atoms with Crippen LogP contribution in [0.2, 0.25) is 0 Å². The van der Waals surface area contributed by atoms with E-state index in [9.17, 15) is 4.79 Å². The number of nitrogens with zero attached hydrogens (tertiary/aromatic N) is 3. The lowest BCUT2D eigenvalue weighted by molar-refractivity contribution is -0.139. The van der Waals surface area contributed by atoms with E-state index >= 15 is 0 Å². The average molecular weight is 318 g/mol. The first-order chi connectivity index (χ1) is 11.3. The van der Waals surface area contributed by atoms with Crippen LogP contribution in [-0.2, 0) is 22.4 Å². The largest absolute Gasteiger partial charge is 0.469 e. The predicted octanol–water partition coefficient (Wildman–Crippen LogP) is 1.88. The SMILES string of the molecule is CCCc1nc([C@H]2CN(C(=O)CCc3ccco3)CCO2)n[nH]1. The highest BCUT2D eigenvalue weighted by atomic mass is 16.5. The van der Waals surface area contributed by atoms with Gasteiger partial charge in [-0.05, 0) is 18.6 Å². The van der Waals surface area contributed by atoms with Crippen molar-refractivity contribution in [1.29, 1.82) is 0 Å². The molecule has 2 aromatic rings. The fraction of sp³-hybridized carbons (Fsp3) is 0.562. The zero-order valence-corrected chi connectivity index (χ0v) is 13.3. The highest BCUT2D eigenvalue weighted by Gasteiger charge is 2.27. The van der Waals surface area contributed by atoms with Gasteiger partial charge in [-0.3, -0.25) is 9.89 Å². The Labute approximate surface area is 135 Å². The van der Waals surface area contributed by atoms with Crippen LogP contribution in [0.5, 0.6) is 0 Å². The third-order valence-corrected chi connectivity index (χ3v) is 3.91. The van der Waals surface area contributed by atoms with Gasteiger partial charge in [-0.2, -0.15) is 5.10 Å². The van der Waals surface area contributed by atoms with E-state index in [-0.39, 0.29) is 12.0 Å². The van der Waals surface area contributed by atoms with E-state index in [4.69, 9.17) is 9.15 Å². The third-order valence-electron chi connectivity index (χ3n) is 3.91. The van der Waals surface area contributed by atoms with E-state index in [0.717, 1.165) is 24.4 Å². The summed E-state index contributed by atoms with van der Waals surface area (Å²) >= 11 is 0. The number of ether oxygens (including phenoxy) is 1. The Morgan fingerprint density at radius 2 is 2.39 bits per heavy atom. The highest BCUT2D eigenvalue weighted by Crippen LogP contribution is 2.20. The van der Waals surface area contributed by atoms with E-state index in [0.29, 0.717) is 38.4 Å². The van der Waals surface area contributed by atoms with Crippen molar-refractivity contribution in [3.8, 4) is 0 Å². The molecule has 1 aliphatic heterocycles. The van der Waals surface area contributed by atoms with Crippen molar-refractivity contribution < 1.29 is 13.9 Å². The topological polar surface area (TPSA) is 84.2 Å². The first-order valence-corrected chi connectivity index (χ1v) is 8.09. The standard InChI is InChI=1S/C16H22N4O3/c1-2-4-14-17-16(19-18-14)13-11-20(8-10-23-13)15(21)7-6-12-5-3-9-22-12/h3,5,9,13H,2,4,6-8,10-11H2,1H3,(H,17,18,19)/t13-/m1/s1. The Kier molecular flexibility index (Phi) is 5.07. The summed E-state index contributed by atoms with van der Waals surface area (Å²) in [4.78, 5) is 18.6. The van der Waals surface area contributed by atoms with Crippen molar-refractivity contribution in [1.82, 2.24) is 20.1 Å². The van der Waals surface area contributed by atoms with Crippen LogP contribution >= 0.6 is 0 Å². The van der Waals surface area contributed by atoms with Crippen LogP contribution in [-0.4, -0.2) is 45.7 Å². The van der Waals surface area contributed by atoms with Gasteiger partial charge in [-0.25, -0.2) is 4.98 Å². The minimum absolute atomic E-state index is 0.110. The number of carbonyl (C=O) groups is 1. The number of morpholine rings is 1. The van der Waals surface area contributed by atoms with Gasteiger partial charge in [0.15, 0.2) is 5.82 Å². The molecule has 2 aromatic heterocycles. The Morgan fingerprint density at radius 3 is 3.17 bits per heavy atom. The van der Waals surface area contributed by atoms with Crippen LogP contribution in [0.4, 0.5) is 0 Å². The number of aryl methyl sites for hydroxylation is 2. The van der Waals surface area contributed by atoms with Crippen molar-refractivity contribution >= 4 is 5.91 Å². The molecular weight excluding hydrogens is 296 g/mol. The first-order valence-electron chi connectivity index (χ1n) is 8.09. The van der Waals surface area contributed by atoms with E-state index in [1.54, 1.807) is 6.26 Å². The molecule has 3 rings (SSSR count). The van der Waals surface area contributed by atoms with E-state index in [2.05, 4.69) is 22.1 Å². The van der Waals surface area contributed by atoms with Crippen LogP contribution in [0.15, 0.2) is 22.8 Å². The summed E-state index contributed by atoms with van der Waals surface area (Å²) in [5, 5.41) is 7.16. The first kappa shape index (κ1) is 15.7. The molecule has 1 amide bonds. The van der Waals surface area contributed by atoms with Crippen LogP contribution in [0.1, 0.15) is 43.3 Å². The van der Waals surface area contributed by atoms with Crippen LogP contribution in [0.25, 0.3) is 0 Å². The Balaban J connectivity index is 1.55. The zero-order chi connectivity index (χ0) is 16.1. The molecule has 0 aliphatic carbocycles. The number of aromatic amines is 1. The van der Waals surface area contributed by atoms with Gasteiger partial charge in [0.2, 0.25) is 5.91 Å². The second kappa shape index (κ2) is 7.41. The maximum atomic E-state index is 12.4. The molecule has 0 spiro atoms. The summed E-state index contributed by atoms with van der Waals surface area (Å²) in [6.45, 7) is 3.72. The molecule has 0 saturated carbocycles. The normalized spacial score (nSPS) is 18.3. The quantitative estimate of drug-likeness (QED) is 0.879. The van der Waals surface area contributed by atoms with Crippen LogP contribution < -0.4 is 0 Å². The number of furan rings is 1. The average Bonchev–Trinajstić information content (AvgIpc) is 3.25. The molecule has 0 unspecified atom stereocenters. The predicted molar refractivity (Wildman–Crippen MR) is 82.7 cm³/mol. The van der Waals surface area contributed by atoms with E-state index in [1.165, 1.54) is 0 Å². The fourth-order valence-corrected chi connectivity index (χ4v) is 2.68.